The number of imidazole rings is 1. The number of nitrogens with two attached hydrogens (primary N) is 1. The Balaban J connectivity index is 1.82. The number of rotatable bonds is 3. The van der Waals surface area contributed by atoms with Crippen molar-refractivity contribution in [3.8, 4) is 0 Å². The molecule has 0 saturated carbocycles. The van der Waals surface area contributed by atoms with Gasteiger partial charge in [0, 0.05) is 16.5 Å². The molecule has 1 heterocycles. The quantitative estimate of drug-likeness (QED) is 0.557. The Morgan fingerprint density at radius 1 is 1.30 bits per heavy atom. The Kier molecular flexibility index (Phi) is 3.59. The number of nitrogens with one attached hydrogen (secondary N) is 1. The van der Waals surface area contributed by atoms with Gasteiger partial charge in [0.25, 0.3) is 0 Å². The third-order valence-corrected chi connectivity index (χ3v) is 4.31. The summed E-state index contributed by atoms with van der Waals surface area (Å²) < 4.78 is 0. The first-order valence-corrected chi connectivity index (χ1v) is 7.62. The van der Waals surface area contributed by atoms with Crippen molar-refractivity contribution in [1.29, 1.82) is 0 Å². The van der Waals surface area contributed by atoms with Crippen LogP contribution in [0.25, 0.3) is 11.0 Å². The second-order valence-corrected chi connectivity index (χ2v) is 6.04. The number of H-pyrrole nitrogens is 1. The molecule has 0 unspecified atom stereocenters. The van der Waals surface area contributed by atoms with Crippen molar-refractivity contribution in [3.05, 3.63) is 52.5 Å². The van der Waals surface area contributed by atoms with Crippen LogP contribution in [0.1, 0.15) is 11.1 Å². The summed E-state index contributed by atoms with van der Waals surface area (Å²) in [6.07, 6.45) is 0. The van der Waals surface area contributed by atoms with Crippen molar-refractivity contribution in [2.75, 3.05) is 5.73 Å². The average Bonchev–Trinajstić information content (AvgIpc) is 2.84. The van der Waals surface area contributed by atoms with Gasteiger partial charge in [0.05, 0.1) is 11.0 Å². The number of nitrogens with zero attached hydrogens (tertiary/aromatic N) is 1. The lowest BCUT2D eigenvalue weighted by Gasteiger charge is -2.08. The molecule has 0 saturated heterocycles. The third kappa shape index (κ3) is 2.62. The number of thioether (sulfide) groups is 1. The highest BCUT2D eigenvalue weighted by atomic mass is 35.5. The second kappa shape index (κ2) is 5.38. The van der Waals surface area contributed by atoms with Crippen LogP contribution in [0.15, 0.2) is 41.6 Å². The highest BCUT2D eigenvalue weighted by Gasteiger charge is 2.07. The maximum absolute atomic E-state index is 6.09. The molecule has 0 atom stereocenters. The first-order chi connectivity index (χ1) is 9.63. The molecule has 0 aliphatic heterocycles. The van der Waals surface area contributed by atoms with E-state index in [2.05, 4.69) is 9.97 Å². The summed E-state index contributed by atoms with van der Waals surface area (Å²) in [7, 11) is 0. The lowest BCUT2D eigenvalue weighted by atomic mass is 10.1. The van der Waals surface area contributed by atoms with Crippen molar-refractivity contribution >= 4 is 40.1 Å². The molecule has 0 spiro atoms. The van der Waals surface area contributed by atoms with E-state index in [-0.39, 0.29) is 0 Å². The Hall–Kier alpha value is -1.65. The van der Waals surface area contributed by atoms with Crippen LogP contribution in [0.3, 0.4) is 0 Å². The zero-order valence-corrected chi connectivity index (χ0v) is 12.6. The minimum atomic E-state index is 0.719. The Bertz CT molecular complexity index is 734. The predicted octanol–water partition coefficient (Wildman–Crippen LogP) is 4.40. The molecule has 5 heteroatoms. The smallest absolute Gasteiger partial charge is 0.166 e. The fourth-order valence-electron chi connectivity index (χ4n) is 2.09. The van der Waals surface area contributed by atoms with Crippen LogP contribution in [-0.2, 0) is 5.75 Å². The van der Waals surface area contributed by atoms with Crippen LogP contribution in [0.2, 0.25) is 5.02 Å². The molecule has 0 aliphatic rings. The number of benzene rings is 2. The summed E-state index contributed by atoms with van der Waals surface area (Å²) in [6.45, 7) is 1.97. The molecule has 0 aliphatic carbocycles. The number of hydrogen-bond acceptors (Lipinski definition) is 3. The highest BCUT2D eigenvalue weighted by molar-refractivity contribution is 7.98. The van der Waals surface area contributed by atoms with Crippen LogP contribution in [0.4, 0.5) is 5.69 Å². The van der Waals surface area contributed by atoms with E-state index in [4.69, 9.17) is 17.3 Å². The van der Waals surface area contributed by atoms with Gasteiger partial charge in [-0.3, -0.25) is 0 Å². The first-order valence-electron chi connectivity index (χ1n) is 6.25. The lowest BCUT2D eigenvalue weighted by molar-refractivity contribution is 1.08. The Morgan fingerprint density at radius 2 is 2.10 bits per heavy atom. The van der Waals surface area contributed by atoms with Crippen molar-refractivity contribution in [2.24, 2.45) is 0 Å². The van der Waals surface area contributed by atoms with Gasteiger partial charge in [0.1, 0.15) is 0 Å². The van der Waals surface area contributed by atoms with E-state index in [1.54, 1.807) is 11.8 Å². The topological polar surface area (TPSA) is 54.7 Å². The van der Waals surface area contributed by atoms with Gasteiger partial charge in [-0.2, -0.15) is 0 Å². The molecular weight excluding hydrogens is 290 g/mol. The van der Waals surface area contributed by atoms with E-state index in [9.17, 15) is 0 Å². The molecule has 0 bridgehead atoms. The molecule has 3 aromatic rings. The maximum atomic E-state index is 6.09. The maximum Gasteiger partial charge on any atom is 0.166 e. The van der Waals surface area contributed by atoms with Gasteiger partial charge in [0.2, 0.25) is 0 Å². The molecule has 0 radical (unpaired) electrons. The van der Waals surface area contributed by atoms with Gasteiger partial charge < -0.3 is 10.7 Å². The monoisotopic (exact) mass is 303 g/mol. The molecule has 2 aromatic carbocycles. The van der Waals surface area contributed by atoms with Gasteiger partial charge in [-0.1, -0.05) is 35.5 Å². The van der Waals surface area contributed by atoms with Crippen molar-refractivity contribution in [1.82, 2.24) is 9.97 Å². The van der Waals surface area contributed by atoms with E-state index in [1.165, 1.54) is 0 Å². The fraction of sp³-hybridized carbons (Fsp3) is 0.133. The number of hydrogen-bond donors (Lipinski definition) is 2. The van der Waals surface area contributed by atoms with Crippen molar-refractivity contribution in [3.63, 3.8) is 0 Å². The van der Waals surface area contributed by atoms with Gasteiger partial charge in [-0.25, -0.2) is 4.98 Å². The second-order valence-electron chi connectivity index (χ2n) is 4.64. The number of aromatic nitrogens is 2. The number of halogens is 1. The zero-order valence-electron chi connectivity index (χ0n) is 11.0. The summed E-state index contributed by atoms with van der Waals surface area (Å²) in [5.74, 6) is 0.743. The van der Waals surface area contributed by atoms with Gasteiger partial charge in [-0.05, 0) is 42.3 Å². The van der Waals surface area contributed by atoms with Crippen LogP contribution in [0, 0.1) is 6.92 Å². The molecular formula is C15H14ClN3S. The molecule has 0 amide bonds. The summed E-state index contributed by atoms with van der Waals surface area (Å²) in [5.41, 5.74) is 11.0. The van der Waals surface area contributed by atoms with Crippen molar-refractivity contribution < 1.29 is 0 Å². The van der Waals surface area contributed by atoms with Crippen LogP contribution < -0.4 is 5.73 Å². The molecule has 3 N–H and O–H groups in total. The van der Waals surface area contributed by atoms with Gasteiger partial charge in [0.15, 0.2) is 5.16 Å². The third-order valence-electron chi connectivity index (χ3n) is 3.17. The normalized spacial score (nSPS) is 11.1. The molecule has 3 nitrogen and oxygen atoms in total. The van der Waals surface area contributed by atoms with E-state index in [1.807, 2.05) is 43.3 Å². The van der Waals surface area contributed by atoms with Gasteiger partial charge >= 0.3 is 0 Å². The largest absolute Gasteiger partial charge is 0.398 e. The fourth-order valence-corrected chi connectivity index (χ4v) is 3.26. The summed E-state index contributed by atoms with van der Waals surface area (Å²) in [6, 6.07) is 11.8. The Morgan fingerprint density at radius 3 is 2.90 bits per heavy atom. The van der Waals surface area contributed by atoms with E-state index >= 15 is 0 Å². The van der Waals surface area contributed by atoms with Crippen molar-refractivity contribution in [2.45, 2.75) is 17.8 Å². The molecule has 20 heavy (non-hydrogen) atoms. The van der Waals surface area contributed by atoms with Crippen LogP contribution >= 0.6 is 23.4 Å². The van der Waals surface area contributed by atoms with Crippen LogP contribution in [0.5, 0.6) is 0 Å². The van der Waals surface area contributed by atoms with E-state index in [0.29, 0.717) is 0 Å². The number of nitrogen functional groups attached to an aromatic ring is 1. The summed E-state index contributed by atoms with van der Waals surface area (Å²) >= 11 is 7.71. The SMILES string of the molecule is Cc1cc(Cl)cc(CSc2nc3ccccc3[nH]2)c1N. The number of fused-ring (bicyclic) bond motifs is 1. The number of aryl methyl sites for hydroxylation is 1. The standard InChI is InChI=1S/C15H14ClN3S/c1-9-6-11(16)7-10(14(9)17)8-20-15-18-12-4-2-3-5-13(12)19-15/h2-7H,8,17H2,1H3,(H,18,19). The Labute approximate surface area is 126 Å². The molecule has 102 valence electrons. The lowest BCUT2D eigenvalue weighted by Crippen LogP contribution is -1.96. The molecule has 3 rings (SSSR count). The van der Waals surface area contributed by atoms with Crippen LogP contribution in [-0.4, -0.2) is 9.97 Å². The number of aromatic amines is 1. The minimum Gasteiger partial charge on any atom is -0.398 e. The summed E-state index contributed by atoms with van der Waals surface area (Å²) in [5, 5.41) is 1.61. The highest BCUT2D eigenvalue weighted by Crippen LogP contribution is 2.29. The zero-order chi connectivity index (χ0) is 14.1. The summed E-state index contributed by atoms with van der Waals surface area (Å²) in [4.78, 5) is 7.83. The predicted molar refractivity (Wildman–Crippen MR) is 86.3 cm³/mol. The van der Waals surface area contributed by atoms with E-state index < -0.39 is 0 Å². The molecule has 0 fully saturated rings. The van der Waals surface area contributed by atoms with Gasteiger partial charge in [-0.15, -0.1) is 0 Å². The molecule has 1 aromatic heterocycles. The minimum absolute atomic E-state index is 0.719. The average molecular weight is 304 g/mol. The number of para-hydroxylation sites is 2. The van der Waals surface area contributed by atoms with E-state index in [0.717, 1.165) is 43.8 Å². The number of anilines is 1. The first kappa shape index (κ1) is 13.3.